The maximum absolute atomic E-state index is 11.2. The number of aromatic nitrogens is 3. The zero-order valence-corrected chi connectivity index (χ0v) is 13.2. The fourth-order valence-electron chi connectivity index (χ4n) is 2.52. The minimum absolute atomic E-state index is 0.103. The number of carbonyl (C=O) groups is 1. The van der Waals surface area contributed by atoms with Crippen molar-refractivity contribution in [3.8, 4) is 16.9 Å². The lowest BCUT2D eigenvalue weighted by atomic mass is 10.0. The fourth-order valence-corrected chi connectivity index (χ4v) is 2.71. The molecule has 0 spiro atoms. The summed E-state index contributed by atoms with van der Waals surface area (Å²) in [6, 6.07) is 11.0. The van der Waals surface area contributed by atoms with Gasteiger partial charge in [-0.2, -0.15) is 5.10 Å². The van der Waals surface area contributed by atoms with E-state index in [4.69, 9.17) is 11.6 Å². The number of halogens is 1. The predicted molar refractivity (Wildman–Crippen MR) is 87.9 cm³/mol. The topological polar surface area (TPSA) is 68.0 Å². The summed E-state index contributed by atoms with van der Waals surface area (Å²) in [6.45, 7) is 1.80. The van der Waals surface area contributed by atoms with Crippen molar-refractivity contribution in [2.75, 3.05) is 0 Å². The minimum Gasteiger partial charge on any atom is -0.481 e. The number of aliphatic carboxylic acids is 1. The Morgan fingerprint density at radius 3 is 2.78 bits per heavy atom. The highest BCUT2D eigenvalue weighted by molar-refractivity contribution is 6.30. The molecule has 116 valence electrons. The first-order valence-electron chi connectivity index (χ1n) is 7.03. The van der Waals surface area contributed by atoms with E-state index in [2.05, 4.69) is 10.1 Å². The van der Waals surface area contributed by atoms with Gasteiger partial charge in [0.25, 0.3) is 0 Å². The Morgan fingerprint density at radius 1 is 1.30 bits per heavy atom. The van der Waals surface area contributed by atoms with E-state index in [1.807, 2.05) is 24.3 Å². The van der Waals surface area contributed by atoms with Crippen LogP contribution in [0.2, 0.25) is 5.02 Å². The zero-order valence-electron chi connectivity index (χ0n) is 12.4. The second-order valence-corrected chi connectivity index (χ2v) is 5.55. The molecule has 0 saturated carbocycles. The highest BCUT2D eigenvalue weighted by atomic mass is 35.5. The van der Waals surface area contributed by atoms with E-state index < -0.39 is 5.97 Å². The summed E-state index contributed by atoms with van der Waals surface area (Å²) in [6.07, 6.45) is 3.26. The molecule has 5 nitrogen and oxygen atoms in total. The molecule has 0 bridgehead atoms. The summed E-state index contributed by atoms with van der Waals surface area (Å²) in [5, 5.41) is 14.3. The molecule has 0 radical (unpaired) electrons. The van der Waals surface area contributed by atoms with Crippen LogP contribution in [-0.2, 0) is 11.2 Å². The van der Waals surface area contributed by atoms with Crippen molar-refractivity contribution in [1.29, 1.82) is 0 Å². The van der Waals surface area contributed by atoms with Gasteiger partial charge in [-0.15, -0.1) is 0 Å². The molecule has 0 aliphatic rings. The van der Waals surface area contributed by atoms with Gasteiger partial charge in [-0.3, -0.25) is 9.78 Å². The maximum atomic E-state index is 11.2. The van der Waals surface area contributed by atoms with Crippen LogP contribution in [0.1, 0.15) is 11.3 Å². The molecule has 0 fully saturated rings. The number of carboxylic acids is 1. The number of hydrogen-bond acceptors (Lipinski definition) is 3. The Balaban J connectivity index is 2.27. The minimum atomic E-state index is -0.901. The molecule has 0 amide bonds. The third-order valence-electron chi connectivity index (χ3n) is 3.50. The first-order valence-corrected chi connectivity index (χ1v) is 7.40. The molecule has 23 heavy (non-hydrogen) atoms. The van der Waals surface area contributed by atoms with Gasteiger partial charge < -0.3 is 5.11 Å². The highest BCUT2D eigenvalue weighted by Crippen LogP contribution is 2.30. The largest absolute Gasteiger partial charge is 0.481 e. The Morgan fingerprint density at radius 2 is 2.13 bits per heavy atom. The number of benzene rings is 1. The number of rotatable bonds is 4. The summed E-state index contributed by atoms with van der Waals surface area (Å²) >= 11 is 6.10. The number of carboxylic acid groups (broad SMARTS) is 1. The van der Waals surface area contributed by atoms with Crippen LogP contribution >= 0.6 is 11.6 Å². The van der Waals surface area contributed by atoms with Gasteiger partial charge in [-0.25, -0.2) is 4.68 Å². The number of hydrogen-bond donors (Lipinski definition) is 1. The van der Waals surface area contributed by atoms with E-state index in [1.54, 1.807) is 36.1 Å². The summed E-state index contributed by atoms with van der Waals surface area (Å²) < 4.78 is 1.71. The van der Waals surface area contributed by atoms with Gasteiger partial charge in [0.15, 0.2) is 0 Å². The van der Waals surface area contributed by atoms with Gasteiger partial charge >= 0.3 is 5.97 Å². The Hall–Kier alpha value is -2.66. The quantitative estimate of drug-likeness (QED) is 0.796. The number of pyridine rings is 1. The Kier molecular flexibility index (Phi) is 4.12. The second kappa shape index (κ2) is 6.22. The van der Waals surface area contributed by atoms with Gasteiger partial charge in [0.05, 0.1) is 29.7 Å². The molecule has 2 aromatic heterocycles. The van der Waals surface area contributed by atoms with Crippen molar-refractivity contribution in [3.63, 3.8) is 0 Å². The van der Waals surface area contributed by atoms with E-state index in [9.17, 15) is 9.90 Å². The first-order chi connectivity index (χ1) is 11.1. The normalized spacial score (nSPS) is 10.7. The molecular weight excluding hydrogens is 314 g/mol. The molecule has 0 aliphatic carbocycles. The van der Waals surface area contributed by atoms with E-state index in [-0.39, 0.29) is 6.42 Å². The van der Waals surface area contributed by atoms with E-state index >= 15 is 0 Å². The molecule has 1 N–H and O–H groups in total. The maximum Gasteiger partial charge on any atom is 0.307 e. The number of aryl methyl sites for hydroxylation is 1. The van der Waals surface area contributed by atoms with Crippen LogP contribution in [0.3, 0.4) is 0 Å². The predicted octanol–water partition coefficient (Wildman–Crippen LogP) is 3.52. The first kappa shape index (κ1) is 15.2. The van der Waals surface area contributed by atoms with Crippen LogP contribution < -0.4 is 0 Å². The third kappa shape index (κ3) is 3.10. The molecule has 3 rings (SSSR count). The number of nitrogens with zero attached hydrogens (tertiary/aromatic N) is 3. The van der Waals surface area contributed by atoms with Crippen molar-refractivity contribution in [2.24, 2.45) is 0 Å². The third-order valence-corrected chi connectivity index (χ3v) is 3.74. The van der Waals surface area contributed by atoms with Crippen LogP contribution in [0, 0.1) is 6.92 Å². The molecule has 1 aromatic carbocycles. The van der Waals surface area contributed by atoms with E-state index in [0.29, 0.717) is 16.3 Å². The van der Waals surface area contributed by atoms with E-state index in [1.165, 1.54) is 0 Å². The van der Waals surface area contributed by atoms with Crippen LogP contribution in [0.5, 0.6) is 0 Å². The van der Waals surface area contributed by atoms with E-state index in [0.717, 1.165) is 16.9 Å². The standard InChI is InChI=1S/C17H14ClN3O2/c1-11-15(9-16(22)23)17(12-4-2-5-13(18)8-12)21(20-11)14-6-3-7-19-10-14/h2-8,10H,9H2,1H3,(H,22,23). The molecule has 3 aromatic rings. The smallest absolute Gasteiger partial charge is 0.307 e. The molecule has 2 heterocycles. The van der Waals surface area contributed by atoms with Crippen molar-refractivity contribution in [1.82, 2.24) is 14.8 Å². The van der Waals surface area contributed by atoms with Gasteiger partial charge in [-0.1, -0.05) is 23.7 Å². The average Bonchev–Trinajstić information content (AvgIpc) is 2.84. The monoisotopic (exact) mass is 327 g/mol. The van der Waals surface area contributed by atoms with Gasteiger partial charge in [0, 0.05) is 22.3 Å². The summed E-state index contributed by atoms with van der Waals surface area (Å²) in [5.74, 6) is -0.901. The van der Waals surface area contributed by atoms with Crippen molar-refractivity contribution < 1.29 is 9.90 Å². The SMILES string of the molecule is Cc1nn(-c2cccnc2)c(-c2cccc(Cl)c2)c1CC(=O)O. The lowest BCUT2D eigenvalue weighted by molar-refractivity contribution is -0.136. The Bertz CT molecular complexity index is 860. The molecule has 0 atom stereocenters. The van der Waals surface area contributed by atoms with Crippen LogP contribution in [-0.4, -0.2) is 25.8 Å². The Labute approximate surface area is 138 Å². The van der Waals surface area contributed by atoms with Crippen molar-refractivity contribution >= 4 is 17.6 Å². The molecule has 0 saturated heterocycles. The highest BCUT2D eigenvalue weighted by Gasteiger charge is 2.20. The summed E-state index contributed by atoms with van der Waals surface area (Å²) in [4.78, 5) is 15.4. The van der Waals surface area contributed by atoms with Crippen molar-refractivity contribution in [3.05, 3.63) is 65.1 Å². The molecule has 6 heteroatoms. The summed E-state index contributed by atoms with van der Waals surface area (Å²) in [7, 11) is 0. The molecular formula is C17H14ClN3O2. The fraction of sp³-hybridized carbons (Fsp3) is 0.118. The van der Waals surface area contributed by atoms with Crippen LogP contribution in [0.25, 0.3) is 16.9 Å². The summed E-state index contributed by atoms with van der Waals surface area (Å²) in [5.41, 5.74) is 3.65. The molecule has 0 aliphatic heterocycles. The lowest BCUT2D eigenvalue weighted by Gasteiger charge is -2.09. The second-order valence-electron chi connectivity index (χ2n) is 5.12. The average molecular weight is 328 g/mol. The van der Waals surface area contributed by atoms with Crippen LogP contribution in [0.4, 0.5) is 0 Å². The van der Waals surface area contributed by atoms with Gasteiger partial charge in [0.1, 0.15) is 0 Å². The van der Waals surface area contributed by atoms with Crippen LogP contribution in [0.15, 0.2) is 48.8 Å². The lowest BCUT2D eigenvalue weighted by Crippen LogP contribution is -2.04. The van der Waals surface area contributed by atoms with Gasteiger partial charge in [0.2, 0.25) is 0 Å². The molecule has 0 unspecified atom stereocenters. The van der Waals surface area contributed by atoms with Crippen molar-refractivity contribution in [2.45, 2.75) is 13.3 Å². The zero-order chi connectivity index (χ0) is 16.4. The van der Waals surface area contributed by atoms with Gasteiger partial charge in [-0.05, 0) is 31.2 Å².